The maximum absolute atomic E-state index is 11.0. The average molecular weight is 239 g/mol. The fourth-order valence-corrected chi connectivity index (χ4v) is 2.24. The molecule has 0 aliphatic carbocycles. The van der Waals surface area contributed by atoms with E-state index in [9.17, 15) is 4.79 Å². The van der Waals surface area contributed by atoms with Gasteiger partial charge < -0.3 is 4.57 Å². The van der Waals surface area contributed by atoms with Crippen molar-refractivity contribution < 1.29 is 4.79 Å². The molecule has 90 valence electrons. The van der Waals surface area contributed by atoms with Gasteiger partial charge in [-0.25, -0.2) is 0 Å². The third-order valence-electron chi connectivity index (χ3n) is 3.09. The Morgan fingerprint density at radius 2 is 2.22 bits per heavy atom. The Morgan fingerprint density at radius 3 is 2.94 bits per heavy atom. The lowest BCUT2D eigenvalue weighted by Crippen LogP contribution is -1.96. The number of benzene rings is 1. The van der Waals surface area contributed by atoms with Gasteiger partial charge in [0.2, 0.25) is 0 Å². The highest BCUT2D eigenvalue weighted by molar-refractivity contribution is 5.97. The van der Waals surface area contributed by atoms with E-state index < -0.39 is 0 Å². The molecule has 0 aliphatic heterocycles. The van der Waals surface area contributed by atoms with Crippen LogP contribution in [-0.2, 0) is 13.6 Å². The number of aldehydes is 1. The third kappa shape index (κ3) is 1.72. The molecule has 0 saturated carbocycles. The molecule has 0 N–H and O–H groups in total. The van der Waals surface area contributed by atoms with Crippen LogP contribution < -0.4 is 0 Å². The van der Waals surface area contributed by atoms with Crippen LogP contribution in [0, 0.1) is 0 Å². The minimum absolute atomic E-state index is 0.734. The topological polar surface area (TPSA) is 39.8 Å². The minimum Gasteiger partial charge on any atom is -0.343 e. The second-order valence-electron chi connectivity index (χ2n) is 4.36. The van der Waals surface area contributed by atoms with Gasteiger partial charge in [0, 0.05) is 41.5 Å². The number of aromatic nitrogens is 3. The van der Waals surface area contributed by atoms with Gasteiger partial charge in [-0.3, -0.25) is 9.48 Å². The largest absolute Gasteiger partial charge is 0.343 e. The van der Waals surface area contributed by atoms with Crippen molar-refractivity contribution in [2.24, 2.45) is 7.05 Å². The quantitative estimate of drug-likeness (QED) is 0.657. The number of aryl methyl sites for hydroxylation is 1. The fourth-order valence-electron chi connectivity index (χ4n) is 2.24. The number of nitrogens with zero attached hydrogens (tertiary/aromatic N) is 3. The van der Waals surface area contributed by atoms with Crippen LogP contribution in [0.25, 0.3) is 10.9 Å². The van der Waals surface area contributed by atoms with Crippen LogP contribution in [0.2, 0.25) is 0 Å². The Morgan fingerprint density at radius 1 is 1.33 bits per heavy atom. The van der Waals surface area contributed by atoms with Crippen molar-refractivity contribution in [1.82, 2.24) is 14.3 Å². The van der Waals surface area contributed by atoms with Gasteiger partial charge in [-0.15, -0.1) is 0 Å². The van der Waals surface area contributed by atoms with Crippen LogP contribution in [0.4, 0.5) is 0 Å². The maximum atomic E-state index is 11.0. The molecule has 4 nitrogen and oxygen atoms in total. The highest BCUT2D eigenvalue weighted by Crippen LogP contribution is 2.20. The van der Waals surface area contributed by atoms with E-state index in [2.05, 4.69) is 9.67 Å². The summed E-state index contributed by atoms with van der Waals surface area (Å²) in [4.78, 5) is 11.0. The van der Waals surface area contributed by atoms with Crippen LogP contribution in [0.3, 0.4) is 0 Å². The van der Waals surface area contributed by atoms with Crippen molar-refractivity contribution >= 4 is 17.2 Å². The summed E-state index contributed by atoms with van der Waals surface area (Å²) in [5.74, 6) is 0. The Hall–Kier alpha value is -2.36. The number of hydrogen-bond donors (Lipinski definition) is 0. The first-order valence-corrected chi connectivity index (χ1v) is 5.78. The summed E-state index contributed by atoms with van der Waals surface area (Å²) in [5, 5.41) is 5.15. The van der Waals surface area contributed by atoms with Crippen molar-refractivity contribution in [2.75, 3.05) is 0 Å². The molecule has 3 rings (SSSR count). The molecule has 0 spiro atoms. The molecule has 0 aliphatic rings. The third-order valence-corrected chi connectivity index (χ3v) is 3.09. The smallest absolute Gasteiger partial charge is 0.150 e. The van der Waals surface area contributed by atoms with Crippen LogP contribution in [0.1, 0.15) is 15.9 Å². The molecule has 18 heavy (non-hydrogen) atoms. The average Bonchev–Trinajstić information content (AvgIpc) is 2.97. The molecule has 4 heteroatoms. The second-order valence-corrected chi connectivity index (χ2v) is 4.36. The zero-order valence-electron chi connectivity index (χ0n) is 10.1. The predicted octanol–water partition coefficient (Wildman–Crippen LogP) is 2.24. The van der Waals surface area contributed by atoms with Crippen LogP contribution in [-0.4, -0.2) is 20.6 Å². The van der Waals surface area contributed by atoms with Gasteiger partial charge in [0.05, 0.1) is 12.7 Å². The van der Waals surface area contributed by atoms with Gasteiger partial charge >= 0.3 is 0 Å². The van der Waals surface area contributed by atoms with Gasteiger partial charge in [-0.2, -0.15) is 5.10 Å². The summed E-state index contributed by atoms with van der Waals surface area (Å²) in [7, 11) is 1.90. The van der Waals surface area contributed by atoms with Gasteiger partial charge in [0.1, 0.15) is 0 Å². The summed E-state index contributed by atoms with van der Waals surface area (Å²) in [6, 6.07) is 7.75. The normalized spacial score (nSPS) is 10.9. The van der Waals surface area contributed by atoms with Gasteiger partial charge in [-0.1, -0.05) is 12.1 Å². The van der Waals surface area contributed by atoms with Crippen LogP contribution in [0.5, 0.6) is 0 Å². The first kappa shape index (κ1) is 10.8. The molecule has 2 aromatic heterocycles. The molecule has 0 fully saturated rings. The van der Waals surface area contributed by atoms with E-state index in [-0.39, 0.29) is 0 Å². The zero-order valence-corrected chi connectivity index (χ0v) is 10.1. The molecule has 3 aromatic rings. The van der Waals surface area contributed by atoms with E-state index in [1.165, 1.54) is 0 Å². The Kier molecular flexibility index (Phi) is 2.48. The number of rotatable bonds is 3. The van der Waals surface area contributed by atoms with E-state index in [0.29, 0.717) is 0 Å². The van der Waals surface area contributed by atoms with E-state index in [1.807, 2.05) is 49.9 Å². The molecule has 2 heterocycles. The number of carbonyl (C=O) groups is 1. The Balaban J connectivity index is 2.05. The molecule has 0 radical (unpaired) electrons. The van der Waals surface area contributed by atoms with E-state index in [1.54, 1.807) is 4.68 Å². The van der Waals surface area contributed by atoms with Gasteiger partial charge in [0.25, 0.3) is 0 Å². The molecule has 0 bridgehead atoms. The SMILES string of the molecule is Cn1cc(Cn2ccc3c(C=O)cccc32)cn1. The molecular formula is C14H13N3O. The highest BCUT2D eigenvalue weighted by atomic mass is 16.1. The molecule has 0 atom stereocenters. The summed E-state index contributed by atoms with van der Waals surface area (Å²) in [6.45, 7) is 0.764. The van der Waals surface area contributed by atoms with Crippen LogP contribution in [0.15, 0.2) is 42.9 Å². The fraction of sp³-hybridized carbons (Fsp3) is 0.143. The predicted molar refractivity (Wildman–Crippen MR) is 69.6 cm³/mol. The number of carbonyl (C=O) groups excluding carboxylic acids is 1. The molecule has 0 unspecified atom stereocenters. The van der Waals surface area contributed by atoms with Crippen molar-refractivity contribution in [2.45, 2.75) is 6.54 Å². The summed E-state index contributed by atoms with van der Waals surface area (Å²) in [5.41, 5.74) is 2.95. The Labute approximate surface area is 104 Å². The lowest BCUT2D eigenvalue weighted by atomic mass is 10.1. The summed E-state index contributed by atoms with van der Waals surface area (Å²) < 4.78 is 3.91. The minimum atomic E-state index is 0.734. The number of fused-ring (bicyclic) bond motifs is 1. The number of hydrogen-bond acceptors (Lipinski definition) is 2. The van der Waals surface area contributed by atoms with Gasteiger partial charge in [0.15, 0.2) is 6.29 Å². The van der Waals surface area contributed by atoms with Crippen molar-refractivity contribution in [1.29, 1.82) is 0 Å². The van der Waals surface area contributed by atoms with Crippen molar-refractivity contribution in [3.05, 3.63) is 54.0 Å². The molecule has 1 aromatic carbocycles. The van der Waals surface area contributed by atoms with Crippen LogP contribution >= 0.6 is 0 Å². The zero-order chi connectivity index (χ0) is 12.5. The second kappa shape index (κ2) is 4.14. The Bertz CT molecular complexity index is 709. The molecule has 0 amide bonds. The van der Waals surface area contributed by atoms with E-state index in [0.717, 1.165) is 34.9 Å². The van der Waals surface area contributed by atoms with Crippen molar-refractivity contribution in [3.8, 4) is 0 Å². The standard InChI is InChI=1S/C14H13N3O/c1-16-8-11(7-15-16)9-17-6-5-13-12(10-18)3-2-4-14(13)17/h2-8,10H,9H2,1H3. The first-order valence-electron chi connectivity index (χ1n) is 5.78. The summed E-state index contributed by atoms with van der Waals surface area (Å²) in [6.07, 6.45) is 6.76. The lowest BCUT2D eigenvalue weighted by molar-refractivity contribution is 0.112. The monoisotopic (exact) mass is 239 g/mol. The highest BCUT2D eigenvalue weighted by Gasteiger charge is 2.06. The maximum Gasteiger partial charge on any atom is 0.150 e. The summed E-state index contributed by atoms with van der Waals surface area (Å²) >= 11 is 0. The first-order chi connectivity index (χ1) is 8.78. The van der Waals surface area contributed by atoms with E-state index >= 15 is 0 Å². The molecular weight excluding hydrogens is 226 g/mol. The lowest BCUT2D eigenvalue weighted by Gasteiger charge is -2.03. The van der Waals surface area contributed by atoms with E-state index in [4.69, 9.17) is 0 Å². The van der Waals surface area contributed by atoms with Gasteiger partial charge in [-0.05, 0) is 12.1 Å². The molecule has 0 saturated heterocycles. The van der Waals surface area contributed by atoms with Crippen molar-refractivity contribution in [3.63, 3.8) is 0 Å².